The molecule has 0 aromatic carbocycles. The van der Waals surface area contributed by atoms with Crippen molar-refractivity contribution in [2.24, 2.45) is 22.2 Å². The second-order valence-electron chi connectivity index (χ2n) is 9.91. The minimum atomic E-state index is -2.03. The molecule has 5 nitrogen and oxygen atoms in total. The second kappa shape index (κ2) is 5.61. The van der Waals surface area contributed by atoms with E-state index in [-0.39, 0.29) is 24.5 Å². The van der Waals surface area contributed by atoms with E-state index in [1.807, 2.05) is 6.92 Å². The van der Waals surface area contributed by atoms with Crippen molar-refractivity contribution in [3.05, 3.63) is 23.8 Å². The van der Waals surface area contributed by atoms with Crippen LogP contribution in [0.2, 0.25) is 0 Å². The van der Waals surface area contributed by atoms with E-state index in [0.29, 0.717) is 24.8 Å². The lowest BCUT2D eigenvalue weighted by atomic mass is 9.39. The summed E-state index contributed by atoms with van der Waals surface area (Å²) in [6.07, 6.45) is 4.52. The molecule has 3 N–H and O–H groups in total. The molecule has 0 aromatic heterocycles. The van der Waals surface area contributed by atoms with Gasteiger partial charge in [0, 0.05) is 16.2 Å². The molecule has 0 spiro atoms. The van der Waals surface area contributed by atoms with Gasteiger partial charge in [-0.05, 0) is 57.1 Å². The van der Waals surface area contributed by atoms with Crippen LogP contribution >= 0.6 is 0 Å². The molecule has 3 fully saturated rings. The number of carbonyl (C=O) groups is 2. The molecule has 0 aliphatic heterocycles. The predicted octanol–water partition coefficient (Wildman–Crippen LogP) is 2.04. The summed E-state index contributed by atoms with van der Waals surface area (Å²) in [5, 5.41) is 31.8. The fraction of sp³-hybridized carbons (Fsp3) is 0.727. The van der Waals surface area contributed by atoms with Gasteiger partial charge in [-0.1, -0.05) is 25.5 Å². The average Bonchev–Trinajstić information content (AvgIpc) is 2.91. The minimum Gasteiger partial charge on any atom is -0.390 e. The first-order chi connectivity index (χ1) is 12.9. The van der Waals surface area contributed by atoms with Gasteiger partial charge in [0.25, 0.3) is 0 Å². The third-order valence-electron chi connectivity index (χ3n) is 9.02. The Morgan fingerprint density at radius 1 is 1.25 bits per heavy atom. The Kier molecular flexibility index (Phi) is 3.99. The van der Waals surface area contributed by atoms with E-state index in [4.69, 9.17) is 0 Å². The van der Waals surface area contributed by atoms with Crippen molar-refractivity contribution >= 4 is 11.6 Å². The number of hydrogen-bond donors (Lipinski definition) is 3. The summed E-state index contributed by atoms with van der Waals surface area (Å²) in [5.74, 6) is -1.16. The second-order valence-corrected chi connectivity index (χ2v) is 9.91. The summed E-state index contributed by atoms with van der Waals surface area (Å²) in [6, 6.07) is 0. The van der Waals surface area contributed by atoms with Crippen LogP contribution in [0, 0.1) is 22.2 Å². The molecule has 0 amide bonds. The van der Waals surface area contributed by atoms with Gasteiger partial charge in [0.1, 0.15) is 12.2 Å². The Labute approximate surface area is 164 Å². The van der Waals surface area contributed by atoms with E-state index in [1.54, 1.807) is 19.9 Å². The third-order valence-corrected chi connectivity index (χ3v) is 9.02. The van der Waals surface area contributed by atoms with Crippen LogP contribution in [0.3, 0.4) is 0 Å². The summed E-state index contributed by atoms with van der Waals surface area (Å²) in [5.41, 5.74) is -6.23. The van der Waals surface area contributed by atoms with Crippen LogP contribution < -0.4 is 0 Å². The Hall–Kier alpha value is -1.37. The number of Topliss-reactive ketones (excluding diaryl/α,β-unsaturated/α-hetero) is 1. The van der Waals surface area contributed by atoms with E-state index in [9.17, 15) is 24.9 Å². The van der Waals surface area contributed by atoms with Crippen molar-refractivity contribution in [3.63, 3.8) is 0 Å². The Morgan fingerprint density at radius 2 is 1.93 bits per heavy atom. The number of ketones is 2. The van der Waals surface area contributed by atoms with E-state index >= 15 is 4.39 Å². The first kappa shape index (κ1) is 19.9. The smallest absolute Gasteiger partial charge is 0.190 e. The molecular formula is C22H29FO5. The zero-order chi connectivity index (χ0) is 20.8. The molecule has 0 saturated heterocycles. The van der Waals surface area contributed by atoms with E-state index in [2.05, 4.69) is 0 Å². The molecule has 28 heavy (non-hydrogen) atoms. The number of allylic oxidation sites excluding steroid dienone is 4. The molecule has 154 valence electrons. The van der Waals surface area contributed by atoms with Gasteiger partial charge in [0.05, 0.1) is 6.10 Å². The molecule has 4 aliphatic carbocycles. The predicted molar refractivity (Wildman–Crippen MR) is 100 cm³/mol. The highest BCUT2D eigenvalue weighted by Crippen LogP contribution is 2.74. The largest absolute Gasteiger partial charge is 0.390 e. The summed E-state index contributed by atoms with van der Waals surface area (Å²) in [6.45, 7) is 4.53. The quantitative estimate of drug-likeness (QED) is 0.669. The van der Waals surface area contributed by atoms with E-state index < -0.39 is 46.0 Å². The standard InChI is InChI=1S/C22H29FO5/c1-18-8-5-14(25)10-13(18)4-7-19(2)15-6-9-21(28,17(27)12-24)20(15,3)11-16(26)22(18,19)23/h5,8,10,15-16,24,26,28H,4,6-7,9,11-12H2,1-3H3/t15-,16-,18-,19?,20-,21-,22-/m0/s1. The molecule has 0 aromatic rings. The van der Waals surface area contributed by atoms with Gasteiger partial charge >= 0.3 is 0 Å². The van der Waals surface area contributed by atoms with Crippen LogP contribution in [0.4, 0.5) is 4.39 Å². The Morgan fingerprint density at radius 3 is 2.57 bits per heavy atom. The molecule has 0 heterocycles. The maximum atomic E-state index is 17.1. The van der Waals surface area contributed by atoms with Gasteiger partial charge in [-0.2, -0.15) is 0 Å². The number of hydrogen-bond acceptors (Lipinski definition) is 5. The van der Waals surface area contributed by atoms with Crippen molar-refractivity contribution in [1.82, 2.24) is 0 Å². The molecule has 6 heteroatoms. The molecule has 4 aliphatic rings. The molecule has 7 atom stereocenters. The highest BCUT2D eigenvalue weighted by atomic mass is 19.1. The van der Waals surface area contributed by atoms with Crippen molar-refractivity contribution in [2.45, 2.75) is 70.2 Å². The number of halogens is 1. The fourth-order valence-electron chi connectivity index (χ4n) is 7.45. The average molecular weight is 392 g/mol. The zero-order valence-corrected chi connectivity index (χ0v) is 16.7. The molecule has 0 bridgehead atoms. The van der Waals surface area contributed by atoms with E-state index in [1.165, 1.54) is 12.2 Å². The molecule has 3 saturated carbocycles. The number of carbonyl (C=O) groups excluding carboxylic acids is 2. The number of fused-ring (bicyclic) bond motifs is 5. The highest BCUT2D eigenvalue weighted by molar-refractivity contribution is 6.01. The maximum Gasteiger partial charge on any atom is 0.190 e. The van der Waals surface area contributed by atoms with Gasteiger partial charge in [0.15, 0.2) is 17.2 Å². The minimum absolute atomic E-state index is 0.0728. The number of alkyl halides is 1. The van der Waals surface area contributed by atoms with E-state index in [0.717, 1.165) is 0 Å². The zero-order valence-electron chi connectivity index (χ0n) is 16.7. The normalized spacial score (nSPS) is 52.5. The molecule has 4 rings (SSSR count). The monoisotopic (exact) mass is 392 g/mol. The molecule has 1 unspecified atom stereocenters. The van der Waals surface area contributed by atoms with Crippen LogP contribution in [0.1, 0.15) is 52.9 Å². The van der Waals surface area contributed by atoms with Gasteiger partial charge in [0.2, 0.25) is 0 Å². The number of aliphatic hydroxyl groups is 3. The first-order valence-electron chi connectivity index (χ1n) is 10.1. The molecular weight excluding hydrogens is 363 g/mol. The van der Waals surface area contributed by atoms with Crippen molar-refractivity contribution < 1.29 is 29.3 Å². The third kappa shape index (κ3) is 1.92. The van der Waals surface area contributed by atoms with Crippen molar-refractivity contribution in [1.29, 1.82) is 0 Å². The van der Waals surface area contributed by atoms with Gasteiger partial charge < -0.3 is 15.3 Å². The van der Waals surface area contributed by atoms with Crippen molar-refractivity contribution in [3.8, 4) is 0 Å². The lowest BCUT2D eigenvalue weighted by molar-refractivity contribution is -0.254. The van der Waals surface area contributed by atoms with Crippen LogP contribution in [0.5, 0.6) is 0 Å². The van der Waals surface area contributed by atoms with Crippen molar-refractivity contribution in [2.75, 3.05) is 6.61 Å². The summed E-state index contributed by atoms with van der Waals surface area (Å²) < 4.78 is 17.1. The van der Waals surface area contributed by atoms with Gasteiger partial charge in [-0.15, -0.1) is 0 Å². The number of aliphatic hydroxyl groups excluding tert-OH is 2. The SMILES string of the molecule is CC12CCC3=CC(=O)C=C[C@]3(C)[C@@]1(F)[C@@H](O)C[C@@]1(C)[C@H]2CC[C@]1(O)C(=O)CO. The fourth-order valence-corrected chi connectivity index (χ4v) is 7.45. The number of rotatable bonds is 2. The van der Waals surface area contributed by atoms with Gasteiger partial charge in [-0.3, -0.25) is 9.59 Å². The summed E-state index contributed by atoms with van der Waals surface area (Å²) in [7, 11) is 0. The molecule has 0 radical (unpaired) electrons. The topological polar surface area (TPSA) is 94.8 Å². The summed E-state index contributed by atoms with van der Waals surface area (Å²) >= 11 is 0. The van der Waals surface area contributed by atoms with Crippen LogP contribution in [-0.4, -0.2) is 50.9 Å². The summed E-state index contributed by atoms with van der Waals surface area (Å²) in [4.78, 5) is 24.3. The maximum absolute atomic E-state index is 17.1. The Bertz CT molecular complexity index is 820. The lowest BCUT2D eigenvalue weighted by Gasteiger charge is -2.67. The van der Waals surface area contributed by atoms with Gasteiger partial charge in [-0.25, -0.2) is 4.39 Å². The first-order valence-corrected chi connectivity index (χ1v) is 10.1. The lowest BCUT2D eigenvalue weighted by Crippen LogP contribution is -2.73. The van der Waals surface area contributed by atoms with Crippen LogP contribution in [0.15, 0.2) is 23.8 Å². The van der Waals surface area contributed by atoms with Crippen LogP contribution in [-0.2, 0) is 9.59 Å². The highest BCUT2D eigenvalue weighted by Gasteiger charge is 2.78. The van der Waals surface area contributed by atoms with Crippen LogP contribution in [0.25, 0.3) is 0 Å². The Balaban J connectivity index is 1.88.